The molecule has 6 heteroatoms. The zero-order chi connectivity index (χ0) is 15.6. The Morgan fingerprint density at radius 2 is 1.81 bits per heavy atom. The van der Waals surface area contributed by atoms with Gasteiger partial charge in [-0.3, -0.25) is 0 Å². The van der Waals surface area contributed by atoms with E-state index in [2.05, 4.69) is 14.7 Å². The number of ether oxygens (including phenoxy) is 1. The molecule has 0 saturated carbocycles. The number of hydrogen-bond donors (Lipinski definition) is 0. The van der Waals surface area contributed by atoms with Gasteiger partial charge in [0.25, 0.3) is 0 Å². The van der Waals surface area contributed by atoms with E-state index in [0.717, 1.165) is 11.3 Å². The van der Waals surface area contributed by atoms with Crippen molar-refractivity contribution < 1.29 is 13.5 Å². The van der Waals surface area contributed by atoms with Crippen molar-refractivity contribution in [2.75, 3.05) is 0 Å². The van der Waals surface area contributed by atoms with E-state index < -0.39 is 6.61 Å². The van der Waals surface area contributed by atoms with Gasteiger partial charge >= 0.3 is 6.61 Å². The van der Waals surface area contributed by atoms with Crippen LogP contribution in [0, 0.1) is 6.92 Å². The molecular weight excluding hydrogens is 298 g/mol. The quantitative estimate of drug-likeness (QED) is 0.758. The minimum absolute atomic E-state index is 0.0280. The first-order valence-electron chi connectivity index (χ1n) is 6.48. The standard InChI is InChI=1S/C15H15ClF2N2O/c1-8(2)12-9(3)19-14(20-13(12)16)10-6-4-5-7-11(10)21-15(17)18/h4-8,15H,1-3H3. The molecule has 1 aromatic carbocycles. The predicted molar refractivity (Wildman–Crippen MR) is 77.9 cm³/mol. The molecule has 0 aliphatic carbocycles. The fourth-order valence-electron chi connectivity index (χ4n) is 2.17. The zero-order valence-corrected chi connectivity index (χ0v) is 12.7. The van der Waals surface area contributed by atoms with E-state index in [-0.39, 0.29) is 17.5 Å². The van der Waals surface area contributed by atoms with E-state index in [9.17, 15) is 8.78 Å². The Morgan fingerprint density at radius 3 is 2.38 bits per heavy atom. The van der Waals surface area contributed by atoms with Crippen molar-refractivity contribution in [2.45, 2.75) is 33.3 Å². The number of aromatic nitrogens is 2. The largest absolute Gasteiger partial charge is 0.434 e. The average Bonchev–Trinajstić information content (AvgIpc) is 2.37. The third kappa shape index (κ3) is 3.47. The van der Waals surface area contributed by atoms with Gasteiger partial charge in [0, 0.05) is 11.3 Å². The number of hydrogen-bond acceptors (Lipinski definition) is 3. The molecule has 0 saturated heterocycles. The van der Waals surface area contributed by atoms with Gasteiger partial charge < -0.3 is 4.74 Å². The Bertz CT molecular complexity index is 624. The number of para-hydroxylation sites is 1. The van der Waals surface area contributed by atoms with E-state index in [0.29, 0.717) is 10.7 Å². The van der Waals surface area contributed by atoms with Crippen LogP contribution >= 0.6 is 11.6 Å². The predicted octanol–water partition coefficient (Wildman–Crippen LogP) is 4.83. The highest BCUT2D eigenvalue weighted by atomic mass is 35.5. The number of nitrogens with zero attached hydrogens (tertiary/aromatic N) is 2. The Balaban J connectivity index is 2.53. The smallest absolute Gasteiger partial charge is 0.387 e. The minimum atomic E-state index is -2.90. The fraction of sp³-hybridized carbons (Fsp3) is 0.333. The van der Waals surface area contributed by atoms with Crippen LogP contribution in [0.4, 0.5) is 8.78 Å². The maximum Gasteiger partial charge on any atom is 0.387 e. The summed E-state index contributed by atoms with van der Waals surface area (Å²) < 4.78 is 29.4. The van der Waals surface area contributed by atoms with Gasteiger partial charge in [0.05, 0.1) is 5.56 Å². The van der Waals surface area contributed by atoms with E-state index >= 15 is 0 Å². The zero-order valence-electron chi connectivity index (χ0n) is 11.9. The first kappa shape index (κ1) is 15.6. The average molecular weight is 313 g/mol. The number of alkyl halides is 2. The normalized spacial score (nSPS) is 11.2. The molecule has 2 rings (SSSR count). The number of aryl methyl sites for hydroxylation is 1. The molecule has 0 N–H and O–H groups in total. The minimum Gasteiger partial charge on any atom is -0.434 e. The molecule has 0 aliphatic rings. The van der Waals surface area contributed by atoms with Crippen molar-refractivity contribution in [3.63, 3.8) is 0 Å². The Kier molecular flexibility index (Phi) is 4.73. The maximum absolute atomic E-state index is 12.5. The highest BCUT2D eigenvalue weighted by molar-refractivity contribution is 6.30. The van der Waals surface area contributed by atoms with E-state index in [4.69, 9.17) is 11.6 Å². The second-order valence-electron chi connectivity index (χ2n) is 4.87. The summed E-state index contributed by atoms with van der Waals surface area (Å²) in [6.07, 6.45) is 0. The molecule has 21 heavy (non-hydrogen) atoms. The Hall–Kier alpha value is -1.75. The SMILES string of the molecule is Cc1nc(-c2ccccc2OC(F)F)nc(Cl)c1C(C)C. The van der Waals surface area contributed by atoms with Gasteiger partial charge in [-0.15, -0.1) is 0 Å². The lowest BCUT2D eigenvalue weighted by Crippen LogP contribution is -2.06. The molecule has 0 fully saturated rings. The van der Waals surface area contributed by atoms with Crippen LogP contribution in [-0.4, -0.2) is 16.6 Å². The van der Waals surface area contributed by atoms with Crippen molar-refractivity contribution in [2.24, 2.45) is 0 Å². The van der Waals surface area contributed by atoms with Crippen LogP contribution in [0.5, 0.6) is 5.75 Å². The molecule has 2 aromatic rings. The molecule has 3 nitrogen and oxygen atoms in total. The van der Waals surface area contributed by atoms with Crippen LogP contribution in [0.1, 0.15) is 31.0 Å². The Morgan fingerprint density at radius 1 is 1.14 bits per heavy atom. The summed E-state index contributed by atoms with van der Waals surface area (Å²) in [7, 11) is 0. The number of rotatable bonds is 4. The van der Waals surface area contributed by atoms with Gasteiger partial charge in [0.1, 0.15) is 10.9 Å². The van der Waals surface area contributed by atoms with Gasteiger partial charge in [0.15, 0.2) is 5.82 Å². The lowest BCUT2D eigenvalue weighted by molar-refractivity contribution is -0.0494. The molecule has 0 bridgehead atoms. The van der Waals surface area contributed by atoms with Gasteiger partial charge in [-0.25, -0.2) is 9.97 Å². The Labute approximate surface area is 127 Å². The number of halogens is 3. The number of benzene rings is 1. The van der Waals surface area contributed by atoms with Gasteiger partial charge in [-0.05, 0) is 25.0 Å². The van der Waals surface area contributed by atoms with Crippen molar-refractivity contribution in [1.82, 2.24) is 9.97 Å². The molecule has 0 aliphatic heterocycles. The second-order valence-corrected chi connectivity index (χ2v) is 5.22. The third-order valence-electron chi connectivity index (χ3n) is 3.01. The van der Waals surface area contributed by atoms with Gasteiger partial charge in [0.2, 0.25) is 0 Å². The first-order chi connectivity index (χ1) is 9.90. The lowest BCUT2D eigenvalue weighted by Gasteiger charge is -2.14. The fourth-order valence-corrected chi connectivity index (χ4v) is 2.61. The highest BCUT2D eigenvalue weighted by Gasteiger charge is 2.17. The third-order valence-corrected chi connectivity index (χ3v) is 3.30. The molecule has 1 aromatic heterocycles. The van der Waals surface area contributed by atoms with E-state index in [1.165, 1.54) is 6.07 Å². The molecule has 0 spiro atoms. The molecule has 0 unspecified atom stereocenters. The monoisotopic (exact) mass is 312 g/mol. The van der Waals surface area contributed by atoms with Crippen LogP contribution in [0.3, 0.4) is 0 Å². The summed E-state index contributed by atoms with van der Waals surface area (Å²) in [6.45, 7) is 2.90. The van der Waals surface area contributed by atoms with Crippen LogP contribution in [0.25, 0.3) is 11.4 Å². The van der Waals surface area contributed by atoms with Crippen molar-refractivity contribution >= 4 is 11.6 Å². The second kappa shape index (κ2) is 6.35. The van der Waals surface area contributed by atoms with Crippen LogP contribution in [0.2, 0.25) is 5.15 Å². The molecular formula is C15H15ClF2N2O. The summed E-state index contributed by atoms with van der Waals surface area (Å²) in [4.78, 5) is 8.60. The molecule has 1 heterocycles. The van der Waals surface area contributed by atoms with Crippen LogP contribution in [0.15, 0.2) is 24.3 Å². The van der Waals surface area contributed by atoms with Gasteiger partial charge in [-0.2, -0.15) is 8.78 Å². The summed E-state index contributed by atoms with van der Waals surface area (Å²) in [5, 5.41) is 0.333. The molecule has 0 radical (unpaired) electrons. The summed E-state index contributed by atoms with van der Waals surface area (Å²) in [6, 6.07) is 6.39. The topological polar surface area (TPSA) is 35.0 Å². The summed E-state index contributed by atoms with van der Waals surface area (Å²) in [5.74, 6) is 0.484. The highest BCUT2D eigenvalue weighted by Crippen LogP contribution is 2.32. The van der Waals surface area contributed by atoms with E-state index in [1.54, 1.807) is 18.2 Å². The van der Waals surface area contributed by atoms with Crippen molar-refractivity contribution in [1.29, 1.82) is 0 Å². The maximum atomic E-state index is 12.5. The molecule has 0 amide bonds. The lowest BCUT2D eigenvalue weighted by atomic mass is 10.0. The molecule has 0 atom stereocenters. The first-order valence-corrected chi connectivity index (χ1v) is 6.86. The summed E-state index contributed by atoms with van der Waals surface area (Å²) in [5.41, 5.74) is 1.97. The summed E-state index contributed by atoms with van der Waals surface area (Å²) >= 11 is 6.20. The van der Waals surface area contributed by atoms with Crippen molar-refractivity contribution in [3.8, 4) is 17.1 Å². The van der Waals surface area contributed by atoms with Crippen LogP contribution < -0.4 is 4.74 Å². The van der Waals surface area contributed by atoms with Crippen molar-refractivity contribution in [3.05, 3.63) is 40.7 Å². The molecule has 112 valence electrons. The van der Waals surface area contributed by atoms with E-state index in [1.807, 2.05) is 20.8 Å². The van der Waals surface area contributed by atoms with Crippen LogP contribution in [-0.2, 0) is 0 Å². The van der Waals surface area contributed by atoms with Gasteiger partial charge in [-0.1, -0.05) is 37.6 Å².